The zero-order valence-electron chi connectivity index (χ0n) is 11.7. The molecule has 0 aliphatic rings. The van der Waals surface area contributed by atoms with Crippen LogP contribution in [0.5, 0.6) is 5.75 Å². The van der Waals surface area contributed by atoms with Crippen molar-refractivity contribution < 1.29 is 14.1 Å². The highest BCUT2D eigenvalue weighted by Crippen LogP contribution is 2.28. The van der Waals surface area contributed by atoms with Crippen LogP contribution in [-0.4, -0.2) is 19.7 Å². The average Bonchev–Trinajstić information content (AvgIpc) is 2.82. The van der Waals surface area contributed by atoms with Gasteiger partial charge in [0, 0.05) is 18.7 Å². The highest BCUT2D eigenvalue weighted by Gasteiger charge is 2.17. The Kier molecular flexibility index (Phi) is 4.46. The minimum Gasteiger partial charge on any atom is -0.479 e. The Morgan fingerprint density at radius 2 is 2.24 bits per heavy atom. The van der Waals surface area contributed by atoms with Gasteiger partial charge in [0.15, 0.2) is 11.6 Å². The fraction of sp³-hybridized carbons (Fsp3) is 0.385. The predicted molar refractivity (Wildman–Crippen MR) is 72.2 cm³/mol. The summed E-state index contributed by atoms with van der Waals surface area (Å²) in [5.74, 6) is 0.176. The van der Waals surface area contributed by atoms with E-state index in [0.717, 1.165) is 18.2 Å². The summed E-state index contributed by atoms with van der Waals surface area (Å²) in [5, 5.41) is 14.9. The van der Waals surface area contributed by atoms with Gasteiger partial charge in [-0.15, -0.1) is 0 Å². The Morgan fingerprint density at radius 3 is 2.90 bits per heavy atom. The lowest BCUT2D eigenvalue weighted by Crippen LogP contribution is -2.12. The molecule has 7 nitrogen and oxygen atoms in total. The smallest absolute Gasteiger partial charge is 0.311 e. The molecule has 0 aliphatic heterocycles. The predicted octanol–water partition coefficient (Wildman–Crippen LogP) is 2.56. The molecule has 1 aromatic carbocycles. The molecule has 0 unspecified atom stereocenters. The van der Waals surface area contributed by atoms with E-state index in [0.29, 0.717) is 18.3 Å². The largest absolute Gasteiger partial charge is 0.479 e. The highest BCUT2D eigenvalue weighted by atomic mass is 19.1. The monoisotopic (exact) mass is 294 g/mol. The van der Waals surface area contributed by atoms with Crippen molar-refractivity contribution >= 4 is 5.69 Å². The fourth-order valence-corrected chi connectivity index (χ4v) is 1.79. The average molecular weight is 294 g/mol. The summed E-state index contributed by atoms with van der Waals surface area (Å²) in [6.45, 7) is 4.70. The number of rotatable bonds is 6. The molecule has 21 heavy (non-hydrogen) atoms. The van der Waals surface area contributed by atoms with E-state index in [1.807, 2.05) is 13.8 Å². The Hall–Kier alpha value is -2.51. The topological polar surface area (TPSA) is 83.1 Å². The van der Waals surface area contributed by atoms with Crippen LogP contribution in [0.4, 0.5) is 10.1 Å². The molecule has 0 amide bonds. The van der Waals surface area contributed by atoms with E-state index in [1.165, 1.54) is 6.33 Å². The Balaban J connectivity index is 2.15. The second-order valence-corrected chi connectivity index (χ2v) is 4.91. The first-order chi connectivity index (χ1) is 9.97. The lowest BCUT2D eigenvalue weighted by atomic mass is 10.2. The van der Waals surface area contributed by atoms with Crippen molar-refractivity contribution in [3.05, 3.63) is 46.3 Å². The van der Waals surface area contributed by atoms with Crippen LogP contribution in [0.25, 0.3) is 0 Å². The number of hydrogen-bond donors (Lipinski definition) is 0. The van der Waals surface area contributed by atoms with Crippen molar-refractivity contribution in [2.24, 2.45) is 5.92 Å². The van der Waals surface area contributed by atoms with E-state index in [2.05, 4.69) is 10.1 Å². The number of nitro benzene ring substituents is 1. The molecule has 2 rings (SSSR count). The molecule has 112 valence electrons. The summed E-state index contributed by atoms with van der Waals surface area (Å²) in [4.78, 5) is 14.3. The fourth-order valence-electron chi connectivity index (χ4n) is 1.79. The number of hydrogen-bond acceptors (Lipinski definition) is 5. The highest BCUT2D eigenvalue weighted by molar-refractivity contribution is 5.46. The van der Waals surface area contributed by atoms with Gasteiger partial charge in [0.05, 0.1) is 4.92 Å². The maximum atomic E-state index is 13.2. The maximum absolute atomic E-state index is 13.2. The van der Waals surface area contributed by atoms with Crippen molar-refractivity contribution in [3.8, 4) is 5.75 Å². The van der Waals surface area contributed by atoms with Crippen molar-refractivity contribution in [2.45, 2.75) is 27.0 Å². The summed E-state index contributed by atoms with van der Waals surface area (Å²) in [6, 6.07) is 3.08. The Labute approximate surface area is 120 Å². The summed E-state index contributed by atoms with van der Waals surface area (Å²) in [5.41, 5.74) is -0.286. The zero-order chi connectivity index (χ0) is 15.4. The van der Waals surface area contributed by atoms with Crippen molar-refractivity contribution in [1.82, 2.24) is 14.8 Å². The molecule has 0 bridgehead atoms. The molecule has 0 N–H and O–H groups in total. The zero-order valence-corrected chi connectivity index (χ0v) is 11.7. The Bertz CT molecular complexity index is 642. The van der Waals surface area contributed by atoms with E-state index in [-0.39, 0.29) is 18.0 Å². The lowest BCUT2D eigenvalue weighted by molar-refractivity contribution is -0.386. The molecular weight excluding hydrogens is 279 g/mol. The molecule has 0 saturated heterocycles. The summed E-state index contributed by atoms with van der Waals surface area (Å²) in [7, 11) is 0. The van der Waals surface area contributed by atoms with Gasteiger partial charge in [-0.2, -0.15) is 5.10 Å². The lowest BCUT2D eigenvalue weighted by Gasteiger charge is -2.10. The van der Waals surface area contributed by atoms with Gasteiger partial charge >= 0.3 is 5.69 Å². The van der Waals surface area contributed by atoms with Gasteiger partial charge in [0.2, 0.25) is 0 Å². The summed E-state index contributed by atoms with van der Waals surface area (Å²) in [6.07, 6.45) is 1.39. The van der Waals surface area contributed by atoms with Crippen LogP contribution in [0, 0.1) is 21.8 Å². The second kappa shape index (κ2) is 6.29. The molecular formula is C13H15FN4O3. The van der Waals surface area contributed by atoms with Crippen LogP contribution < -0.4 is 4.74 Å². The van der Waals surface area contributed by atoms with Crippen LogP contribution in [0.15, 0.2) is 24.5 Å². The van der Waals surface area contributed by atoms with E-state index < -0.39 is 10.7 Å². The summed E-state index contributed by atoms with van der Waals surface area (Å²) >= 11 is 0. The standard InChI is InChI=1S/C13H15FN4O3/c1-9(2)6-17-13(15-8-16-17)7-21-12-5-10(14)3-4-11(12)18(19)20/h3-5,8-9H,6-7H2,1-2H3. The summed E-state index contributed by atoms with van der Waals surface area (Å²) < 4.78 is 20.2. The van der Waals surface area contributed by atoms with Crippen LogP contribution in [0.1, 0.15) is 19.7 Å². The van der Waals surface area contributed by atoms with E-state index >= 15 is 0 Å². The SMILES string of the molecule is CC(C)Cn1ncnc1COc1cc(F)ccc1[N+](=O)[O-]. The van der Waals surface area contributed by atoms with Crippen LogP contribution in [-0.2, 0) is 13.2 Å². The Morgan fingerprint density at radius 1 is 1.48 bits per heavy atom. The van der Waals surface area contributed by atoms with Crippen LogP contribution >= 0.6 is 0 Å². The first kappa shape index (κ1) is 14.9. The third-order valence-corrected chi connectivity index (χ3v) is 2.71. The third kappa shape index (κ3) is 3.74. The molecule has 2 aromatic rings. The minimum atomic E-state index is -0.617. The van der Waals surface area contributed by atoms with E-state index in [4.69, 9.17) is 4.74 Å². The van der Waals surface area contributed by atoms with Gasteiger partial charge in [-0.1, -0.05) is 13.8 Å². The van der Waals surface area contributed by atoms with Crippen LogP contribution in [0.3, 0.4) is 0 Å². The minimum absolute atomic E-state index is 0.0169. The van der Waals surface area contributed by atoms with Crippen molar-refractivity contribution in [1.29, 1.82) is 0 Å². The van der Waals surface area contributed by atoms with Crippen molar-refractivity contribution in [2.75, 3.05) is 0 Å². The van der Waals surface area contributed by atoms with E-state index in [1.54, 1.807) is 4.68 Å². The van der Waals surface area contributed by atoms with E-state index in [9.17, 15) is 14.5 Å². The van der Waals surface area contributed by atoms with Crippen LogP contribution in [0.2, 0.25) is 0 Å². The molecule has 0 aliphatic carbocycles. The first-order valence-corrected chi connectivity index (χ1v) is 6.40. The number of nitrogens with zero attached hydrogens (tertiary/aromatic N) is 4. The normalized spacial score (nSPS) is 10.9. The van der Waals surface area contributed by atoms with Gasteiger partial charge in [0.25, 0.3) is 0 Å². The molecule has 0 spiro atoms. The number of aromatic nitrogens is 3. The first-order valence-electron chi connectivity index (χ1n) is 6.40. The molecule has 1 heterocycles. The van der Waals surface area contributed by atoms with Gasteiger partial charge in [-0.3, -0.25) is 10.1 Å². The number of nitro groups is 1. The third-order valence-electron chi connectivity index (χ3n) is 2.71. The quantitative estimate of drug-likeness (QED) is 0.604. The van der Waals surface area contributed by atoms with Crippen molar-refractivity contribution in [3.63, 3.8) is 0 Å². The van der Waals surface area contributed by atoms with Gasteiger partial charge in [-0.25, -0.2) is 14.1 Å². The second-order valence-electron chi connectivity index (χ2n) is 4.91. The van der Waals surface area contributed by atoms with Gasteiger partial charge in [-0.05, 0) is 12.0 Å². The number of benzene rings is 1. The van der Waals surface area contributed by atoms with Gasteiger partial charge < -0.3 is 4.74 Å². The molecule has 8 heteroatoms. The number of halogens is 1. The maximum Gasteiger partial charge on any atom is 0.311 e. The molecule has 0 saturated carbocycles. The molecule has 0 radical (unpaired) electrons. The number of ether oxygens (including phenoxy) is 1. The molecule has 1 aromatic heterocycles. The molecule has 0 fully saturated rings. The van der Waals surface area contributed by atoms with Gasteiger partial charge in [0.1, 0.15) is 18.8 Å². The molecule has 0 atom stereocenters.